The smallest absolute Gasteiger partial charge is 0.354 e. The maximum absolute atomic E-state index is 10.6. The minimum absolute atomic E-state index is 0.107. The van der Waals surface area contributed by atoms with Gasteiger partial charge in [0.15, 0.2) is 5.69 Å². The second kappa shape index (κ2) is 3.40. The van der Waals surface area contributed by atoms with Crippen LogP contribution < -0.4 is 0 Å². The summed E-state index contributed by atoms with van der Waals surface area (Å²) in [6.45, 7) is 1.03. The van der Waals surface area contributed by atoms with Gasteiger partial charge < -0.3 is 15.3 Å². The number of nitrogens with zero attached hydrogens (tertiary/aromatic N) is 1. The summed E-state index contributed by atoms with van der Waals surface area (Å²) in [5.41, 5.74) is 0.114. The first-order valence-electron chi connectivity index (χ1n) is 3.60. The quantitative estimate of drug-likeness (QED) is 0.612. The molecule has 0 aliphatic rings. The number of hydrogen-bond donors (Lipinski definition) is 3. The summed E-state index contributed by atoms with van der Waals surface area (Å²) in [6, 6.07) is 1.20. The van der Waals surface area contributed by atoms with Gasteiger partial charge in [-0.3, -0.25) is 0 Å². The van der Waals surface area contributed by atoms with Gasteiger partial charge in [0.2, 0.25) is 0 Å². The molecule has 0 radical (unpaired) electrons. The molecule has 0 fully saturated rings. The van der Waals surface area contributed by atoms with Gasteiger partial charge in [0, 0.05) is 5.56 Å². The lowest BCUT2D eigenvalue weighted by Gasteiger charge is -2.04. The predicted molar refractivity (Wildman–Crippen MR) is 43.5 cm³/mol. The van der Waals surface area contributed by atoms with Crippen molar-refractivity contribution in [2.24, 2.45) is 0 Å². The summed E-state index contributed by atoms with van der Waals surface area (Å²) in [7, 11) is 0. The molecule has 5 nitrogen and oxygen atoms in total. The van der Waals surface area contributed by atoms with Crippen LogP contribution in [0, 0.1) is 6.92 Å². The predicted octanol–water partition coefficient (Wildman–Crippen LogP) is 0.286. The van der Waals surface area contributed by atoms with Crippen molar-refractivity contribution in [1.29, 1.82) is 0 Å². The molecular weight excluding hydrogens is 174 g/mol. The highest BCUT2D eigenvalue weighted by Gasteiger charge is 2.13. The monoisotopic (exact) mass is 183 g/mol. The first kappa shape index (κ1) is 9.47. The van der Waals surface area contributed by atoms with Crippen molar-refractivity contribution in [3.8, 4) is 5.75 Å². The van der Waals surface area contributed by atoms with Crippen LogP contribution in [0.5, 0.6) is 5.75 Å². The van der Waals surface area contributed by atoms with Gasteiger partial charge in [0.1, 0.15) is 5.75 Å². The van der Waals surface area contributed by atoms with Gasteiger partial charge in [-0.2, -0.15) is 0 Å². The number of aromatic carboxylic acids is 1. The number of aliphatic hydroxyl groups excluding tert-OH is 1. The molecule has 0 aliphatic heterocycles. The van der Waals surface area contributed by atoms with Gasteiger partial charge in [-0.05, 0) is 13.0 Å². The fraction of sp³-hybridized carbons (Fsp3) is 0.250. The van der Waals surface area contributed by atoms with E-state index in [2.05, 4.69) is 4.98 Å². The van der Waals surface area contributed by atoms with E-state index in [-0.39, 0.29) is 22.7 Å². The van der Waals surface area contributed by atoms with E-state index in [1.165, 1.54) is 13.0 Å². The third kappa shape index (κ3) is 1.75. The summed E-state index contributed by atoms with van der Waals surface area (Å²) in [5, 5.41) is 26.6. The summed E-state index contributed by atoms with van der Waals surface area (Å²) < 4.78 is 0. The van der Waals surface area contributed by atoms with Gasteiger partial charge in [0.05, 0.1) is 12.3 Å². The summed E-state index contributed by atoms with van der Waals surface area (Å²) in [5.74, 6) is -1.33. The van der Waals surface area contributed by atoms with Gasteiger partial charge in [-0.15, -0.1) is 0 Å². The Bertz CT molecular complexity index is 348. The van der Waals surface area contributed by atoms with Crippen LogP contribution in [0.1, 0.15) is 21.7 Å². The summed E-state index contributed by atoms with van der Waals surface area (Å²) in [6.07, 6.45) is 0. The SMILES string of the molecule is Cc1nc(C(=O)O)c(CO)cc1O. The Hall–Kier alpha value is -1.62. The van der Waals surface area contributed by atoms with Crippen molar-refractivity contribution in [1.82, 2.24) is 4.98 Å². The fourth-order valence-corrected chi connectivity index (χ4v) is 0.940. The average molecular weight is 183 g/mol. The molecule has 0 spiro atoms. The summed E-state index contributed by atoms with van der Waals surface area (Å²) >= 11 is 0. The maximum atomic E-state index is 10.6. The molecule has 1 heterocycles. The Morgan fingerprint density at radius 2 is 2.23 bits per heavy atom. The van der Waals surface area contributed by atoms with E-state index in [4.69, 9.17) is 10.2 Å². The van der Waals surface area contributed by atoms with Gasteiger partial charge in [-0.25, -0.2) is 9.78 Å². The van der Waals surface area contributed by atoms with E-state index >= 15 is 0 Å². The van der Waals surface area contributed by atoms with Crippen molar-refractivity contribution < 1.29 is 20.1 Å². The lowest BCUT2D eigenvalue weighted by atomic mass is 10.1. The minimum Gasteiger partial charge on any atom is -0.506 e. The number of carbonyl (C=O) groups is 1. The number of aromatic hydroxyl groups is 1. The molecule has 0 bridgehead atoms. The number of aryl methyl sites for hydroxylation is 1. The molecule has 1 aromatic rings. The Labute approximate surface area is 74.3 Å². The van der Waals surface area contributed by atoms with Crippen LogP contribution in [0.2, 0.25) is 0 Å². The Kier molecular flexibility index (Phi) is 2.48. The van der Waals surface area contributed by atoms with E-state index in [0.29, 0.717) is 0 Å². The second-order valence-corrected chi connectivity index (χ2v) is 2.56. The van der Waals surface area contributed by atoms with E-state index in [0.717, 1.165) is 0 Å². The van der Waals surface area contributed by atoms with Crippen molar-refractivity contribution in [3.63, 3.8) is 0 Å². The number of hydrogen-bond acceptors (Lipinski definition) is 4. The van der Waals surface area contributed by atoms with Gasteiger partial charge in [-0.1, -0.05) is 0 Å². The zero-order valence-corrected chi connectivity index (χ0v) is 6.98. The molecule has 70 valence electrons. The molecule has 0 amide bonds. The van der Waals surface area contributed by atoms with Crippen molar-refractivity contribution in [3.05, 3.63) is 23.0 Å². The van der Waals surface area contributed by atoms with Gasteiger partial charge >= 0.3 is 5.97 Å². The van der Waals surface area contributed by atoms with E-state index < -0.39 is 12.6 Å². The first-order valence-corrected chi connectivity index (χ1v) is 3.60. The van der Waals surface area contributed by atoms with E-state index in [9.17, 15) is 9.90 Å². The zero-order valence-electron chi connectivity index (χ0n) is 6.98. The Morgan fingerprint density at radius 3 is 2.69 bits per heavy atom. The van der Waals surface area contributed by atoms with Crippen molar-refractivity contribution in [2.45, 2.75) is 13.5 Å². The normalized spacial score (nSPS) is 10.0. The molecule has 0 unspecified atom stereocenters. The van der Waals surface area contributed by atoms with Crippen molar-refractivity contribution in [2.75, 3.05) is 0 Å². The van der Waals surface area contributed by atoms with Crippen LogP contribution >= 0.6 is 0 Å². The maximum Gasteiger partial charge on any atom is 0.354 e. The van der Waals surface area contributed by atoms with Gasteiger partial charge in [0.25, 0.3) is 0 Å². The number of aliphatic hydroxyl groups is 1. The van der Waals surface area contributed by atoms with E-state index in [1.54, 1.807) is 0 Å². The highest BCUT2D eigenvalue weighted by molar-refractivity contribution is 5.87. The Balaban J connectivity index is 3.33. The third-order valence-corrected chi connectivity index (χ3v) is 1.64. The van der Waals surface area contributed by atoms with Crippen LogP contribution in [0.15, 0.2) is 6.07 Å². The standard InChI is InChI=1S/C8H9NO4/c1-4-6(11)2-5(3-10)7(9-4)8(12)13/h2,10-11H,3H2,1H3,(H,12,13). The lowest BCUT2D eigenvalue weighted by molar-refractivity contribution is 0.0686. The lowest BCUT2D eigenvalue weighted by Crippen LogP contribution is -2.07. The first-order chi connectivity index (χ1) is 6.06. The van der Waals surface area contributed by atoms with Crippen LogP contribution in [0.25, 0.3) is 0 Å². The number of rotatable bonds is 2. The topological polar surface area (TPSA) is 90.7 Å². The van der Waals surface area contributed by atoms with Crippen LogP contribution in [0.4, 0.5) is 0 Å². The molecule has 5 heteroatoms. The highest BCUT2D eigenvalue weighted by Crippen LogP contribution is 2.18. The largest absolute Gasteiger partial charge is 0.506 e. The fourth-order valence-electron chi connectivity index (χ4n) is 0.940. The number of aromatic nitrogens is 1. The van der Waals surface area contributed by atoms with E-state index in [1.807, 2.05) is 0 Å². The molecule has 0 atom stereocenters. The molecular formula is C8H9NO4. The van der Waals surface area contributed by atoms with Crippen molar-refractivity contribution >= 4 is 5.97 Å². The van der Waals surface area contributed by atoms with Crippen LogP contribution in [0.3, 0.4) is 0 Å². The highest BCUT2D eigenvalue weighted by atomic mass is 16.4. The molecule has 0 aromatic carbocycles. The molecule has 0 aliphatic carbocycles. The number of carboxylic acid groups (broad SMARTS) is 1. The average Bonchev–Trinajstić information content (AvgIpc) is 2.08. The third-order valence-electron chi connectivity index (χ3n) is 1.64. The summed E-state index contributed by atoms with van der Waals surface area (Å²) in [4.78, 5) is 14.2. The molecule has 1 rings (SSSR count). The molecule has 1 aromatic heterocycles. The van der Waals surface area contributed by atoms with Crippen LogP contribution in [-0.2, 0) is 6.61 Å². The number of pyridine rings is 1. The Morgan fingerprint density at radius 1 is 1.62 bits per heavy atom. The van der Waals surface area contributed by atoms with Crippen LogP contribution in [-0.4, -0.2) is 26.3 Å². The minimum atomic E-state index is -1.22. The molecule has 13 heavy (non-hydrogen) atoms. The number of carboxylic acids is 1. The second-order valence-electron chi connectivity index (χ2n) is 2.56. The molecule has 0 saturated heterocycles. The molecule has 3 N–H and O–H groups in total. The zero-order chi connectivity index (χ0) is 10.0. The molecule has 0 saturated carbocycles.